The fourth-order valence-corrected chi connectivity index (χ4v) is 5.82. The van der Waals surface area contributed by atoms with Gasteiger partial charge in [-0.1, -0.05) is 55.3 Å². The number of nitrogen functional groups attached to an aromatic ring is 1. The number of hydrogen-bond acceptors (Lipinski definition) is 6. The monoisotopic (exact) mass is 475 g/mol. The molecule has 0 amide bonds. The highest BCUT2D eigenvalue weighted by molar-refractivity contribution is 7.91. The van der Waals surface area contributed by atoms with Crippen molar-refractivity contribution in [2.24, 2.45) is 0 Å². The number of nitrogens with one attached hydrogen (secondary N) is 1. The van der Waals surface area contributed by atoms with Crippen molar-refractivity contribution in [1.29, 1.82) is 0 Å². The lowest BCUT2D eigenvalue weighted by Gasteiger charge is -2.12. The fourth-order valence-electron chi connectivity index (χ4n) is 4.63. The summed E-state index contributed by atoms with van der Waals surface area (Å²) < 4.78 is 29.9. The fraction of sp³-hybridized carbons (Fsp3) is 0.240. The minimum absolute atomic E-state index is 0.158. The summed E-state index contributed by atoms with van der Waals surface area (Å²) in [6, 6.07) is 15.7. The van der Waals surface area contributed by atoms with E-state index in [0.717, 1.165) is 25.7 Å². The second-order valence-corrected chi connectivity index (χ2v) is 10.3. The van der Waals surface area contributed by atoms with E-state index in [-0.39, 0.29) is 23.4 Å². The van der Waals surface area contributed by atoms with E-state index >= 15 is 0 Å². The highest BCUT2D eigenvalue weighted by atomic mass is 32.2. The summed E-state index contributed by atoms with van der Waals surface area (Å²) in [5, 5.41) is 0.537. The molecule has 1 saturated carbocycles. The Balaban J connectivity index is 1.46. The van der Waals surface area contributed by atoms with Crippen LogP contribution in [0, 0.1) is 0 Å². The Morgan fingerprint density at radius 2 is 1.82 bits per heavy atom. The maximum atomic E-state index is 13.5. The normalized spacial score (nSPS) is 14.5. The summed E-state index contributed by atoms with van der Waals surface area (Å²) in [5.41, 5.74) is 8.60. The molecular weight excluding hydrogens is 450 g/mol. The Hall–Kier alpha value is -3.72. The van der Waals surface area contributed by atoms with Crippen LogP contribution in [0.2, 0.25) is 0 Å². The molecule has 1 aliphatic rings. The molecule has 0 saturated heterocycles. The van der Waals surface area contributed by atoms with Crippen molar-refractivity contribution in [1.82, 2.24) is 14.5 Å². The van der Waals surface area contributed by atoms with Crippen molar-refractivity contribution in [2.45, 2.75) is 37.5 Å². The molecule has 3 N–H and O–H groups in total. The molecular formula is C25H25N5O3S. The first-order chi connectivity index (χ1) is 16.4. The predicted octanol–water partition coefficient (Wildman–Crippen LogP) is 4.30. The number of carbonyl (C=O) groups is 1. The van der Waals surface area contributed by atoms with E-state index in [9.17, 15) is 13.2 Å². The zero-order valence-corrected chi connectivity index (χ0v) is 19.3. The second-order valence-electron chi connectivity index (χ2n) is 8.60. The van der Waals surface area contributed by atoms with Gasteiger partial charge in [-0.15, -0.1) is 0 Å². The molecule has 2 aromatic carbocycles. The molecule has 9 heteroatoms. The van der Waals surface area contributed by atoms with Crippen molar-refractivity contribution in [3.63, 3.8) is 0 Å². The van der Waals surface area contributed by atoms with Gasteiger partial charge in [0.05, 0.1) is 16.7 Å². The summed E-state index contributed by atoms with van der Waals surface area (Å²) >= 11 is 0. The number of nitrogens with zero attached hydrogens (tertiary/aromatic N) is 3. The van der Waals surface area contributed by atoms with Crippen molar-refractivity contribution < 1.29 is 13.2 Å². The third kappa shape index (κ3) is 4.38. The van der Waals surface area contributed by atoms with Crippen LogP contribution in [-0.4, -0.2) is 28.7 Å². The molecule has 2 aromatic heterocycles. The summed E-state index contributed by atoms with van der Waals surface area (Å²) in [4.78, 5) is 22.1. The van der Waals surface area contributed by atoms with Crippen molar-refractivity contribution in [3.8, 4) is 0 Å². The number of benzene rings is 2. The van der Waals surface area contributed by atoms with Gasteiger partial charge in [0.25, 0.3) is 0 Å². The topological polar surface area (TPSA) is 120 Å². The lowest BCUT2D eigenvalue weighted by atomic mass is 10.0. The molecule has 0 unspecified atom stereocenters. The first-order valence-corrected chi connectivity index (χ1v) is 12.9. The average molecular weight is 476 g/mol. The molecule has 8 nitrogen and oxygen atoms in total. The van der Waals surface area contributed by atoms with Gasteiger partial charge >= 0.3 is 0 Å². The highest BCUT2D eigenvalue weighted by Gasteiger charge is 2.25. The number of fused-ring (bicyclic) bond motifs is 1. The lowest BCUT2D eigenvalue weighted by Crippen LogP contribution is -2.15. The molecule has 174 valence electrons. The molecule has 1 fully saturated rings. The van der Waals surface area contributed by atoms with Crippen LogP contribution >= 0.6 is 0 Å². The largest absolute Gasteiger partial charge is 0.383 e. The van der Waals surface area contributed by atoms with Gasteiger partial charge < -0.3 is 10.3 Å². The summed E-state index contributed by atoms with van der Waals surface area (Å²) in [5.74, 6) is -0.161. The molecule has 0 spiro atoms. The van der Waals surface area contributed by atoms with Crippen LogP contribution in [0.4, 0.5) is 11.5 Å². The molecule has 0 atom stereocenters. The zero-order valence-electron chi connectivity index (χ0n) is 18.5. The van der Waals surface area contributed by atoms with E-state index < -0.39 is 10.0 Å². The molecule has 4 aromatic rings. The Morgan fingerprint density at radius 1 is 1.06 bits per heavy atom. The standard InChI is InChI=1S/C25H25N5O3S/c26-24-22-21(14-30(20-11-4-5-12-20)25(22)28-16-27-24)23(31)18-9-6-10-19(13-18)29-34(32,33)15-17-7-2-1-3-8-17/h1-3,6-10,13-14,16,20,29H,4-5,11-12,15H2,(H2,26,27,28). The molecule has 5 rings (SSSR count). The molecule has 34 heavy (non-hydrogen) atoms. The van der Waals surface area contributed by atoms with Gasteiger partial charge in [-0.2, -0.15) is 0 Å². The maximum absolute atomic E-state index is 13.5. The number of sulfonamides is 1. The number of carbonyl (C=O) groups excluding carboxylic acids is 1. The Morgan fingerprint density at radius 3 is 2.59 bits per heavy atom. The van der Waals surface area contributed by atoms with Crippen LogP contribution in [-0.2, 0) is 15.8 Å². The van der Waals surface area contributed by atoms with Crippen LogP contribution in [0.15, 0.2) is 67.1 Å². The van der Waals surface area contributed by atoms with Gasteiger partial charge in [0.2, 0.25) is 10.0 Å². The van der Waals surface area contributed by atoms with Crippen LogP contribution in [0.3, 0.4) is 0 Å². The first kappa shape index (κ1) is 22.1. The first-order valence-electron chi connectivity index (χ1n) is 11.2. The Kier molecular flexibility index (Phi) is 5.79. The van der Waals surface area contributed by atoms with E-state index in [1.807, 2.05) is 16.8 Å². The van der Waals surface area contributed by atoms with E-state index in [1.54, 1.807) is 48.5 Å². The van der Waals surface area contributed by atoms with Gasteiger partial charge in [-0.3, -0.25) is 9.52 Å². The molecule has 1 aliphatic carbocycles. The Labute approximate surface area is 197 Å². The summed E-state index contributed by atoms with van der Waals surface area (Å²) in [6.45, 7) is 0. The minimum atomic E-state index is -3.65. The van der Waals surface area contributed by atoms with Crippen molar-refractivity contribution in [2.75, 3.05) is 10.5 Å². The number of hydrogen-bond donors (Lipinski definition) is 2. The quantitative estimate of drug-likeness (QED) is 0.385. The molecule has 2 heterocycles. The van der Waals surface area contributed by atoms with Gasteiger partial charge in [-0.25, -0.2) is 18.4 Å². The zero-order chi connectivity index (χ0) is 23.7. The third-order valence-electron chi connectivity index (χ3n) is 6.20. The van der Waals surface area contributed by atoms with Gasteiger partial charge in [0.15, 0.2) is 5.78 Å². The smallest absolute Gasteiger partial charge is 0.236 e. The summed E-state index contributed by atoms with van der Waals surface area (Å²) in [6.07, 6.45) is 7.57. The van der Waals surface area contributed by atoms with E-state index in [0.29, 0.717) is 33.4 Å². The average Bonchev–Trinajstić information content (AvgIpc) is 3.47. The van der Waals surface area contributed by atoms with E-state index in [4.69, 9.17) is 5.73 Å². The van der Waals surface area contributed by atoms with Crippen LogP contribution in [0.25, 0.3) is 11.0 Å². The van der Waals surface area contributed by atoms with Gasteiger partial charge in [0, 0.05) is 23.5 Å². The van der Waals surface area contributed by atoms with Gasteiger partial charge in [0.1, 0.15) is 17.8 Å². The minimum Gasteiger partial charge on any atom is -0.383 e. The number of anilines is 2. The maximum Gasteiger partial charge on any atom is 0.236 e. The lowest BCUT2D eigenvalue weighted by molar-refractivity contribution is 0.104. The van der Waals surface area contributed by atoms with Crippen molar-refractivity contribution >= 4 is 38.3 Å². The molecule has 0 radical (unpaired) electrons. The number of ketones is 1. The van der Waals surface area contributed by atoms with Crippen LogP contribution in [0.1, 0.15) is 53.2 Å². The Bertz CT molecular complexity index is 1460. The van der Waals surface area contributed by atoms with E-state index in [1.165, 1.54) is 6.33 Å². The van der Waals surface area contributed by atoms with Gasteiger partial charge in [-0.05, 0) is 30.5 Å². The molecule has 0 aliphatic heterocycles. The van der Waals surface area contributed by atoms with Crippen molar-refractivity contribution in [3.05, 3.63) is 83.8 Å². The SMILES string of the molecule is Nc1ncnc2c1c(C(=O)c1cccc(NS(=O)(=O)Cc3ccccc3)c1)cn2C1CCCC1. The molecule has 0 bridgehead atoms. The predicted molar refractivity (Wildman–Crippen MR) is 132 cm³/mol. The number of rotatable bonds is 7. The number of nitrogens with two attached hydrogens (primary N) is 1. The highest BCUT2D eigenvalue weighted by Crippen LogP contribution is 2.35. The number of aromatic nitrogens is 3. The van der Waals surface area contributed by atoms with Crippen LogP contribution in [0.5, 0.6) is 0 Å². The van der Waals surface area contributed by atoms with Crippen LogP contribution < -0.4 is 10.5 Å². The summed E-state index contributed by atoms with van der Waals surface area (Å²) in [7, 11) is -3.65. The second kappa shape index (κ2) is 8.90. The van der Waals surface area contributed by atoms with E-state index in [2.05, 4.69) is 14.7 Å². The third-order valence-corrected chi connectivity index (χ3v) is 7.46.